The Balaban J connectivity index is 2.22. The highest BCUT2D eigenvalue weighted by Crippen LogP contribution is 2.53. The van der Waals surface area contributed by atoms with Crippen molar-refractivity contribution >= 4 is 5.78 Å². The number of hydrogen-bond donors (Lipinski definition) is 0. The predicted octanol–water partition coefficient (Wildman–Crippen LogP) is 2.09. The first-order chi connectivity index (χ1) is 6.23. The molecule has 0 heterocycles. The van der Waals surface area contributed by atoms with Gasteiger partial charge in [0.2, 0.25) is 0 Å². The van der Waals surface area contributed by atoms with Gasteiger partial charge in [-0.15, -0.1) is 0 Å². The van der Waals surface area contributed by atoms with Crippen LogP contribution in [0.15, 0.2) is 24.3 Å². The Morgan fingerprint density at radius 2 is 2.08 bits per heavy atom. The second kappa shape index (κ2) is 2.03. The lowest BCUT2D eigenvalue weighted by Crippen LogP contribution is -2.48. The van der Waals surface area contributed by atoms with E-state index in [-0.39, 0.29) is 5.41 Å². The molecule has 1 nitrogen and oxygen atoms in total. The van der Waals surface area contributed by atoms with Crippen molar-refractivity contribution in [2.45, 2.75) is 25.2 Å². The van der Waals surface area contributed by atoms with E-state index in [0.717, 1.165) is 12.8 Å². The quantitative estimate of drug-likeness (QED) is 0.585. The van der Waals surface area contributed by atoms with Crippen LogP contribution in [0.4, 0.5) is 0 Å². The van der Waals surface area contributed by atoms with E-state index in [1.807, 2.05) is 6.07 Å². The van der Waals surface area contributed by atoms with E-state index in [1.54, 1.807) is 0 Å². The summed E-state index contributed by atoms with van der Waals surface area (Å²) in [6.45, 7) is 2.11. The van der Waals surface area contributed by atoms with Crippen LogP contribution in [0.1, 0.15) is 24.5 Å². The average Bonchev–Trinajstić information content (AvgIpc) is 2.38. The number of rotatable bonds is 0. The molecule has 13 heavy (non-hydrogen) atoms. The smallest absolute Gasteiger partial charge is 0.143 e. The topological polar surface area (TPSA) is 17.1 Å². The summed E-state index contributed by atoms with van der Waals surface area (Å²) >= 11 is 0. The second-order valence-electron chi connectivity index (χ2n) is 4.39. The zero-order valence-electron chi connectivity index (χ0n) is 7.71. The van der Waals surface area contributed by atoms with Gasteiger partial charge in [0, 0.05) is 6.42 Å². The third-order valence-corrected chi connectivity index (χ3v) is 3.87. The largest absolute Gasteiger partial charge is 0.299 e. The van der Waals surface area contributed by atoms with Crippen molar-refractivity contribution in [1.82, 2.24) is 0 Å². The van der Waals surface area contributed by atoms with Gasteiger partial charge in [0.05, 0.1) is 5.41 Å². The van der Waals surface area contributed by atoms with Crippen molar-refractivity contribution in [2.24, 2.45) is 5.92 Å². The fraction of sp³-hybridized carbons (Fsp3) is 0.417. The normalized spacial score (nSPS) is 35.2. The van der Waals surface area contributed by atoms with Crippen molar-refractivity contribution in [3.05, 3.63) is 35.4 Å². The van der Waals surface area contributed by atoms with E-state index in [2.05, 4.69) is 25.1 Å². The van der Waals surface area contributed by atoms with Gasteiger partial charge in [0.25, 0.3) is 0 Å². The lowest BCUT2D eigenvalue weighted by Gasteiger charge is -2.40. The van der Waals surface area contributed by atoms with Gasteiger partial charge in [-0.1, -0.05) is 24.3 Å². The van der Waals surface area contributed by atoms with Crippen LogP contribution in [-0.2, 0) is 16.6 Å². The van der Waals surface area contributed by atoms with Crippen molar-refractivity contribution in [2.75, 3.05) is 0 Å². The zero-order valence-corrected chi connectivity index (χ0v) is 7.71. The summed E-state index contributed by atoms with van der Waals surface area (Å²) in [7, 11) is 0. The third kappa shape index (κ3) is 0.668. The Labute approximate surface area is 77.8 Å². The van der Waals surface area contributed by atoms with Gasteiger partial charge >= 0.3 is 0 Å². The molecule has 2 unspecified atom stereocenters. The van der Waals surface area contributed by atoms with Crippen LogP contribution in [0.3, 0.4) is 0 Å². The molecule has 0 radical (unpaired) electrons. The highest BCUT2D eigenvalue weighted by molar-refractivity contribution is 5.98. The summed E-state index contributed by atoms with van der Waals surface area (Å²) in [5.41, 5.74) is 2.56. The third-order valence-electron chi connectivity index (χ3n) is 3.87. The Kier molecular flexibility index (Phi) is 1.14. The number of fused-ring (bicyclic) bond motifs is 3. The lowest BCUT2D eigenvalue weighted by molar-refractivity contribution is -0.135. The first-order valence-electron chi connectivity index (χ1n) is 4.84. The monoisotopic (exact) mass is 172 g/mol. The SMILES string of the molecule is CC12C(=O)CC1Cc1ccccc12. The number of carbonyl (C=O) groups is 1. The zero-order chi connectivity index (χ0) is 9.05. The van der Waals surface area contributed by atoms with E-state index >= 15 is 0 Å². The minimum atomic E-state index is -0.114. The lowest BCUT2D eigenvalue weighted by atomic mass is 9.60. The molecule has 0 N–H and O–H groups in total. The Bertz CT molecular complexity index is 394. The van der Waals surface area contributed by atoms with Crippen LogP contribution in [0, 0.1) is 5.92 Å². The van der Waals surface area contributed by atoms with Crippen molar-refractivity contribution in [3.63, 3.8) is 0 Å². The van der Waals surface area contributed by atoms with Gasteiger partial charge in [-0.2, -0.15) is 0 Å². The van der Waals surface area contributed by atoms with Gasteiger partial charge < -0.3 is 0 Å². The second-order valence-corrected chi connectivity index (χ2v) is 4.39. The summed E-state index contributed by atoms with van der Waals surface area (Å²) < 4.78 is 0. The minimum Gasteiger partial charge on any atom is -0.299 e. The van der Waals surface area contributed by atoms with E-state index in [1.165, 1.54) is 11.1 Å². The van der Waals surface area contributed by atoms with Crippen molar-refractivity contribution < 1.29 is 4.79 Å². The molecule has 2 aliphatic carbocycles. The van der Waals surface area contributed by atoms with Crippen LogP contribution in [0.5, 0.6) is 0 Å². The Morgan fingerprint density at radius 1 is 1.31 bits per heavy atom. The molecule has 1 aromatic carbocycles. The highest BCUT2D eigenvalue weighted by atomic mass is 16.1. The molecular weight excluding hydrogens is 160 g/mol. The van der Waals surface area contributed by atoms with Crippen LogP contribution in [-0.4, -0.2) is 5.78 Å². The van der Waals surface area contributed by atoms with Gasteiger partial charge in [-0.25, -0.2) is 0 Å². The summed E-state index contributed by atoms with van der Waals surface area (Å²) in [6, 6.07) is 8.38. The molecule has 0 amide bonds. The molecule has 0 aromatic heterocycles. The standard InChI is InChI=1S/C12H12O/c1-12-9(7-11(12)13)6-8-4-2-3-5-10(8)12/h2-5,9H,6-7H2,1H3. The van der Waals surface area contributed by atoms with Crippen LogP contribution < -0.4 is 0 Å². The van der Waals surface area contributed by atoms with Crippen LogP contribution >= 0.6 is 0 Å². The van der Waals surface area contributed by atoms with Gasteiger partial charge in [0.15, 0.2) is 0 Å². The van der Waals surface area contributed by atoms with E-state index < -0.39 is 0 Å². The average molecular weight is 172 g/mol. The number of ketones is 1. The maximum atomic E-state index is 11.6. The molecule has 0 saturated heterocycles. The number of benzene rings is 1. The predicted molar refractivity (Wildman–Crippen MR) is 50.6 cm³/mol. The number of carbonyl (C=O) groups excluding carboxylic acids is 1. The first kappa shape index (κ1) is 7.31. The number of hydrogen-bond acceptors (Lipinski definition) is 1. The molecule has 1 fully saturated rings. The van der Waals surface area contributed by atoms with Gasteiger partial charge in [0.1, 0.15) is 5.78 Å². The summed E-state index contributed by atoms with van der Waals surface area (Å²) in [5, 5.41) is 0. The molecule has 0 bridgehead atoms. The summed E-state index contributed by atoms with van der Waals surface area (Å²) in [4.78, 5) is 11.6. The molecule has 1 heteroatoms. The maximum Gasteiger partial charge on any atom is 0.143 e. The van der Waals surface area contributed by atoms with Gasteiger partial charge in [-0.3, -0.25) is 4.79 Å². The maximum absolute atomic E-state index is 11.6. The van der Waals surface area contributed by atoms with Crippen molar-refractivity contribution in [3.8, 4) is 0 Å². The Hall–Kier alpha value is -1.11. The molecule has 1 aromatic rings. The first-order valence-corrected chi connectivity index (χ1v) is 4.84. The summed E-state index contributed by atoms with van der Waals surface area (Å²) in [5.74, 6) is 1.03. The Morgan fingerprint density at radius 3 is 2.85 bits per heavy atom. The molecule has 2 aliphatic rings. The fourth-order valence-electron chi connectivity index (χ4n) is 2.85. The molecule has 2 atom stereocenters. The minimum absolute atomic E-state index is 0.114. The number of Topliss-reactive ketones (excluding diaryl/α,β-unsaturated/α-hetero) is 1. The molecule has 3 rings (SSSR count). The molecule has 0 spiro atoms. The molecule has 66 valence electrons. The molecule has 0 aliphatic heterocycles. The van der Waals surface area contributed by atoms with E-state index in [0.29, 0.717) is 11.7 Å². The van der Waals surface area contributed by atoms with Crippen LogP contribution in [0.2, 0.25) is 0 Å². The fourth-order valence-corrected chi connectivity index (χ4v) is 2.85. The molecule has 1 saturated carbocycles. The summed E-state index contributed by atoms with van der Waals surface area (Å²) in [6.07, 6.45) is 1.91. The van der Waals surface area contributed by atoms with E-state index in [9.17, 15) is 4.79 Å². The van der Waals surface area contributed by atoms with Crippen molar-refractivity contribution in [1.29, 1.82) is 0 Å². The van der Waals surface area contributed by atoms with Gasteiger partial charge in [-0.05, 0) is 30.4 Å². The molecular formula is C12H12O. The highest BCUT2D eigenvalue weighted by Gasteiger charge is 2.56. The van der Waals surface area contributed by atoms with E-state index in [4.69, 9.17) is 0 Å². The van der Waals surface area contributed by atoms with Crippen LogP contribution in [0.25, 0.3) is 0 Å².